The van der Waals surface area contributed by atoms with E-state index in [0.29, 0.717) is 11.5 Å². The SMILES string of the molecule is Cc1nc(C)c(CC(=O)N2CCC(C(F)(F)F)C2)c(=O)[nH]1. The molecule has 5 nitrogen and oxygen atoms in total. The van der Waals surface area contributed by atoms with E-state index in [2.05, 4.69) is 9.97 Å². The summed E-state index contributed by atoms with van der Waals surface area (Å²) in [5, 5.41) is 0. The van der Waals surface area contributed by atoms with E-state index in [4.69, 9.17) is 0 Å². The molecule has 1 saturated heterocycles. The highest BCUT2D eigenvalue weighted by Gasteiger charge is 2.44. The molecule has 2 heterocycles. The number of H-pyrrole nitrogens is 1. The second kappa shape index (κ2) is 5.50. The number of halogens is 3. The highest BCUT2D eigenvalue weighted by molar-refractivity contribution is 5.79. The molecule has 0 aliphatic carbocycles. The summed E-state index contributed by atoms with van der Waals surface area (Å²) in [6, 6.07) is 0. The molecule has 21 heavy (non-hydrogen) atoms. The quantitative estimate of drug-likeness (QED) is 0.896. The fraction of sp³-hybridized carbons (Fsp3) is 0.615. The minimum atomic E-state index is -4.28. The van der Waals surface area contributed by atoms with Gasteiger partial charge in [-0.2, -0.15) is 13.2 Å². The fourth-order valence-electron chi connectivity index (χ4n) is 2.48. The molecule has 1 aromatic rings. The Bertz CT molecular complexity index is 610. The highest BCUT2D eigenvalue weighted by atomic mass is 19.4. The number of aromatic nitrogens is 2. The van der Waals surface area contributed by atoms with E-state index in [9.17, 15) is 22.8 Å². The zero-order valence-corrected chi connectivity index (χ0v) is 11.8. The van der Waals surface area contributed by atoms with Gasteiger partial charge in [-0.05, 0) is 20.3 Å². The van der Waals surface area contributed by atoms with Crippen LogP contribution in [0.2, 0.25) is 0 Å². The second-order valence-electron chi connectivity index (χ2n) is 5.26. The molecular formula is C13H16F3N3O2. The first-order valence-corrected chi connectivity index (χ1v) is 6.59. The van der Waals surface area contributed by atoms with Crippen LogP contribution >= 0.6 is 0 Å². The van der Waals surface area contributed by atoms with Crippen LogP contribution in [0.25, 0.3) is 0 Å². The molecule has 1 unspecified atom stereocenters. The number of nitrogens with zero attached hydrogens (tertiary/aromatic N) is 2. The molecule has 0 spiro atoms. The van der Waals surface area contributed by atoms with Gasteiger partial charge < -0.3 is 9.88 Å². The van der Waals surface area contributed by atoms with Gasteiger partial charge in [0.1, 0.15) is 5.82 Å². The Morgan fingerprint density at radius 1 is 1.43 bits per heavy atom. The number of rotatable bonds is 2. The predicted molar refractivity (Wildman–Crippen MR) is 68.8 cm³/mol. The monoisotopic (exact) mass is 303 g/mol. The number of hydrogen-bond acceptors (Lipinski definition) is 3. The Balaban J connectivity index is 2.09. The Morgan fingerprint density at radius 2 is 2.10 bits per heavy atom. The molecule has 8 heteroatoms. The van der Waals surface area contributed by atoms with Crippen molar-refractivity contribution in [1.29, 1.82) is 0 Å². The predicted octanol–water partition coefficient (Wildman–Crippen LogP) is 1.34. The van der Waals surface area contributed by atoms with E-state index in [1.165, 1.54) is 0 Å². The molecule has 1 amide bonds. The van der Waals surface area contributed by atoms with E-state index in [-0.39, 0.29) is 31.5 Å². The number of alkyl halides is 3. The third-order valence-electron chi connectivity index (χ3n) is 3.67. The van der Waals surface area contributed by atoms with Crippen LogP contribution in [0.3, 0.4) is 0 Å². The summed E-state index contributed by atoms with van der Waals surface area (Å²) in [4.78, 5) is 31.6. The van der Waals surface area contributed by atoms with Crippen LogP contribution in [-0.4, -0.2) is 40.0 Å². The highest BCUT2D eigenvalue weighted by Crippen LogP contribution is 2.33. The Morgan fingerprint density at radius 3 is 2.62 bits per heavy atom. The summed E-state index contributed by atoms with van der Waals surface area (Å²) >= 11 is 0. The largest absolute Gasteiger partial charge is 0.393 e. The van der Waals surface area contributed by atoms with Crippen LogP contribution in [0.4, 0.5) is 13.2 Å². The van der Waals surface area contributed by atoms with Gasteiger partial charge in [-0.1, -0.05) is 0 Å². The van der Waals surface area contributed by atoms with Gasteiger partial charge in [-0.25, -0.2) is 4.98 Å². The van der Waals surface area contributed by atoms with Crippen molar-refractivity contribution in [3.05, 3.63) is 27.4 Å². The summed E-state index contributed by atoms with van der Waals surface area (Å²) in [5.41, 5.74) is 0.220. The summed E-state index contributed by atoms with van der Waals surface area (Å²) in [7, 11) is 0. The first-order chi connectivity index (χ1) is 9.68. The lowest BCUT2D eigenvalue weighted by atomic mass is 10.1. The molecule has 1 aromatic heterocycles. The number of amides is 1. The third-order valence-corrected chi connectivity index (χ3v) is 3.67. The van der Waals surface area contributed by atoms with Crippen LogP contribution in [0.5, 0.6) is 0 Å². The number of likely N-dealkylation sites (tertiary alicyclic amines) is 1. The van der Waals surface area contributed by atoms with Crippen molar-refractivity contribution in [2.24, 2.45) is 5.92 Å². The van der Waals surface area contributed by atoms with Crippen LogP contribution in [0.15, 0.2) is 4.79 Å². The maximum absolute atomic E-state index is 12.6. The van der Waals surface area contributed by atoms with Gasteiger partial charge in [-0.3, -0.25) is 9.59 Å². The molecular weight excluding hydrogens is 287 g/mol. The molecule has 1 atom stereocenters. The van der Waals surface area contributed by atoms with Crippen molar-refractivity contribution in [2.75, 3.05) is 13.1 Å². The number of carbonyl (C=O) groups excluding carboxylic acids is 1. The Hall–Kier alpha value is -1.86. The van der Waals surface area contributed by atoms with Gasteiger partial charge >= 0.3 is 6.18 Å². The van der Waals surface area contributed by atoms with Gasteiger partial charge in [0.05, 0.1) is 12.3 Å². The summed E-state index contributed by atoms with van der Waals surface area (Å²) in [6.45, 7) is 2.96. The van der Waals surface area contributed by atoms with Gasteiger partial charge in [0.25, 0.3) is 5.56 Å². The Labute approximate surface area is 119 Å². The van der Waals surface area contributed by atoms with E-state index in [1.54, 1.807) is 13.8 Å². The molecule has 0 saturated carbocycles. The van der Waals surface area contributed by atoms with Crippen molar-refractivity contribution in [2.45, 2.75) is 32.9 Å². The van der Waals surface area contributed by atoms with E-state index < -0.39 is 23.6 Å². The zero-order valence-electron chi connectivity index (χ0n) is 11.8. The maximum atomic E-state index is 12.6. The van der Waals surface area contributed by atoms with Gasteiger partial charge in [0.15, 0.2) is 0 Å². The van der Waals surface area contributed by atoms with Gasteiger partial charge in [0.2, 0.25) is 5.91 Å². The minimum absolute atomic E-state index is 0.0687. The molecule has 1 aliphatic rings. The summed E-state index contributed by atoms with van der Waals surface area (Å²) in [6.07, 6.45) is -4.59. The summed E-state index contributed by atoms with van der Waals surface area (Å²) < 4.78 is 37.8. The molecule has 2 rings (SSSR count). The molecule has 0 radical (unpaired) electrons. The van der Waals surface area contributed by atoms with Crippen molar-refractivity contribution in [3.8, 4) is 0 Å². The van der Waals surface area contributed by atoms with E-state index in [1.807, 2.05) is 0 Å². The molecule has 1 aliphatic heterocycles. The smallest absolute Gasteiger partial charge is 0.342 e. The minimum Gasteiger partial charge on any atom is -0.342 e. The lowest BCUT2D eigenvalue weighted by Gasteiger charge is -2.18. The lowest BCUT2D eigenvalue weighted by Crippen LogP contribution is -2.34. The summed E-state index contributed by atoms with van der Waals surface area (Å²) in [5.74, 6) is -1.51. The van der Waals surface area contributed by atoms with Crippen molar-refractivity contribution in [3.63, 3.8) is 0 Å². The van der Waals surface area contributed by atoms with E-state index >= 15 is 0 Å². The van der Waals surface area contributed by atoms with Crippen LogP contribution in [-0.2, 0) is 11.2 Å². The number of aryl methyl sites for hydroxylation is 2. The standard InChI is InChI=1S/C13H16F3N3O2/c1-7-10(12(21)18-8(2)17-7)5-11(20)19-4-3-9(6-19)13(14,15)16/h9H,3-6H2,1-2H3,(H,17,18,21). The average Bonchev–Trinajstić information content (AvgIpc) is 2.82. The first-order valence-electron chi connectivity index (χ1n) is 6.59. The number of carbonyl (C=O) groups is 1. The van der Waals surface area contributed by atoms with Gasteiger partial charge in [0, 0.05) is 24.3 Å². The maximum Gasteiger partial charge on any atom is 0.393 e. The average molecular weight is 303 g/mol. The second-order valence-corrected chi connectivity index (χ2v) is 5.26. The van der Waals surface area contributed by atoms with Crippen molar-refractivity contribution >= 4 is 5.91 Å². The zero-order chi connectivity index (χ0) is 15.8. The molecule has 0 bridgehead atoms. The first kappa shape index (κ1) is 15.5. The number of nitrogens with one attached hydrogen (secondary N) is 1. The third kappa shape index (κ3) is 3.43. The van der Waals surface area contributed by atoms with Crippen LogP contribution in [0, 0.1) is 19.8 Å². The molecule has 0 aromatic carbocycles. The van der Waals surface area contributed by atoms with Crippen molar-refractivity contribution in [1.82, 2.24) is 14.9 Å². The number of aromatic amines is 1. The Kier molecular flexibility index (Phi) is 4.06. The fourth-order valence-corrected chi connectivity index (χ4v) is 2.48. The van der Waals surface area contributed by atoms with Crippen LogP contribution in [0.1, 0.15) is 23.5 Å². The lowest BCUT2D eigenvalue weighted by molar-refractivity contribution is -0.171. The van der Waals surface area contributed by atoms with Crippen molar-refractivity contribution < 1.29 is 18.0 Å². The van der Waals surface area contributed by atoms with Crippen LogP contribution < -0.4 is 5.56 Å². The molecule has 1 N–H and O–H groups in total. The molecule has 116 valence electrons. The topological polar surface area (TPSA) is 66.1 Å². The number of hydrogen-bond donors (Lipinski definition) is 1. The van der Waals surface area contributed by atoms with E-state index in [0.717, 1.165) is 4.90 Å². The molecule has 1 fully saturated rings. The normalized spacial score (nSPS) is 19.1. The van der Waals surface area contributed by atoms with Gasteiger partial charge in [-0.15, -0.1) is 0 Å².